The molecule has 0 radical (unpaired) electrons. The molecule has 6 heteroatoms. The molecule has 0 aliphatic carbocycles. The quantitative estimate of drug-likeness (QED) is 0.0511. The lowest BCUT2D eigenvalue weighted by atomic mass is 9.87. The van der Waals surface area contributed by atoms with Crippen molar-refractivity contribution in [2.45, 2.75) is 430 Å². The van der Waals surface area contributed by atoms with Gasteiger partial charge in [0.25, 0.3) is 0 Å². The maximum atomic E-state index is 13.5. The fourth-order valence-corrected chi connectivity index (χ4v) is 14.4. The first-order valence-electron chi connectivity index (χ1n) is 40.1. The van der Waals surface area contributed by atoms with Crippen LogP contribution in [-0.2, 0) is 5.66 Å². The Bertz CT molecular complexity index is 1630. The van der Waals surface area contributed by atoms with E-state index < -0.39 is 17.8 Å². The standard InChI is InChI=1S/C83H150N2O4/c1-3-5-7-9-11-13-15-17-19-21-23-25-27-29-31-33-35-37-39-41-43-45-47-49-51-53-55-57-59-61-63-71-77-84(81(86)87)83(79-73-67-65-68-74-79,80-75-69-66-70-76-80)85(82(88)89)78-72-64-62-60-58-56-54-52-50-48-46-44-42-40-38-36-34-32-30-28-26-24-22-20-18-16-14-12-10-8-6-4-2/h65-70,73-76H,3-64,71-72,77-78H2,1-2H3,(H,86,87)(H,88,89). The van der Waals surface area contributed by atoms with Crippen LogP contribution in [0.15, 0.2) is 60.7 Å². The number of nitrogens with zero attached hydrogens (tertiary/aromatic N) is 2. The van der Waals surface area contributed by atoms with Crippen LogP contribution in [0.1, 0.15) is 436 Å². The van der Waals surface area contributed by atoms with Gasteiger partial charge in [-0.05, 0) is 12.8 Å². The van der Waals surface area contributed by atoms with Crippen LogP contribution in [-0.4, -0.2) is 45.3 Å². The third kappa shape index (κ3) is 45.8. The summed E-state index contributed by atoms with van der Waals surface area (Å²) in [6.07, 6.45) is 84.7. The van der Waals surface area contributed by atoms with Crippen LogP contribution in [0.4, 0.5) is 9.59 Å². The Hall–Kier alpha value is -3.02. The molecule has 0 saturated heterocycles. The average molecular weight is 1240 g/mol. The molecule has 0 aliphatic rings. The van der Waals surface area contributed by atoms with E-state index in [0.717, 1.165) is 38.5 Å². The normalized spacial score (nSPS) is 11.7. The van der Waals surface area contributed by atoms with Gasteiger partial charge in [0.15, 0.2) is 5.66 Å². The Kier molecular flexibility index (Phi) is 58.8. The maximum Gasteiger partial charge on any atom is 0.409 e. The summed E-state index contributed by atoms with van der Waals surface area (Å²) in [6.45, 7) is 5.14. The Labute approximate surface area is 554 Å². The SMILES string of the molecule is CCCCCCCCCCCCCCCCCCCCCCCCCCCCCCCCCCN(C(=O)O)C(c1ccccc1)(c1ccccc1)N(CCCCCCCCCCCCCCCCCCCCCCCCCCCCCCCCCC)C(=O)O. The first-order chi connectivity index (χ1) is 44.0. The summed E-state index contributed by atoms with van der Waals surface area (Å²) < 4.78 is 0. The Morgan fingerprint density at radius 1 is 0.236 bits per heavy atom. The van der Waals surface area contributed by atoms with Crippen molar-refractivity contribution in [1.82, 2.24) is 9.80 Å². The highest BCUT2D eigenvalue weighted by atomic mass is 16.4. The second-order valence-electron chi connectivity index (χ2n) is 28.2. The second-order valence-corrected chi connectivity index (χ2v) is 28.2. The van der Waals surface area contributed by atoms with Crippen LogP contribution in [0.5, 0.6) is 0 Å². The Morgan fingerprint density at radius 3 is 0.506 bits per heavy atom. The number of amides is 2. The summed E-state index contributed by atoms with van der Waals surface area (Å²) in [5, 5.41) is 22.1. The number of carboxylic acid groups (broad SMARTS) is 2. The highest BCUT2D eigenvalue weighted by Gasteiger charge is 2.50. The summed E-state index contributed by atoms with van der Waals surface area (Å²) in [5.74, 6) is 0. The van der Waals surface area contributed by atoms with E-state index in [1.165, 1.54) is 369 Å². The molecule has 2 N–H and O–H groups in total. The first-order valence-corrected chi connectivity index (χ1v) is 40.1. The lowest BCUT2D eigenvalue weighted by Gasteiger charge is -2.49. The fourth-order valence-electron chi connectivity index (χ4n) is 14.4. The van der Waals surface area contributed by atoms with E-state index >= 15 is 0 Å². The molecule has 0 fully saturated rings. The average Bonchev–Trinajstić information content (AvgIpc) is 0.852. The zero-order chi connectivity index (χ0) is 63.7. The van der Waals surface area contributed by atoms with Crippen LogP contribution < -0.4 is 0 Å². The van der Waals surface area contributed by atoms with Crippen LogP contribution in [0.25, 0.3) is 0 Å². The van der Waals surface area contributed by atoms with E-state index in [9.17, 15) is 19.8 Å². The Balaban J connectivity index is 1.54. The summed E-state index contributed by atoms with van der Waals surface area (Å²) in [5.41, 5.74) is -0.165. The summed E-state index contributed by atoms with van der Waals surface area (Å²) in [4.78, 5) is 30.0. The molecular weight excluding hydrogens is 1090 g/mol. The maximum absolute atomic E-state index is 13.5. The van der Waals surface area contributed by atoms with Crippen molar-refractivity contribution in [1.29, 1.82) is 0 Å². The van der Waals surface area contributed by atoms with Gasteiger partial charge in [-0.2, -0.15) is 0 Å². The van der Waals surface area contributed by atoms with Gasteiger partial charge in [-0.1, -0.05) is 473 Å². The van der Waals surface area contributed by atoms with Gasteiger partial charge < -0.3 is 10.2 Å². The molecule has 0 unspecified atom stereocenters. The van der Waals surface area contributed by atoms with Crippen LogP contribution in [0, 0.1) is 0 Å². The molecule has 2 rings (SSSR count). The number of hydrogen-bond donors (Lipinski definition) is 2. The van der Waals surface area contributed by atoms with Gasteiger partial charge in [-0.15, -0.1) is 0 Å². The van der Waals surface area contributed by atoms with E-state index in [4.69, 9.17) is 0 Å². The molecule has 0 saturated carbocycles. The van der Waals surface area contributed by atoms with Gasteiger partial charge in [-0.25, -0.2) is 9.59 Å². The number of carbonyl (C=O) groups is 2. The minimum atomic E-state index is -1.50. The summed E-state index contributed by atoms with van der Waals surface area (Å²) in [6, 6.07) is 19.1. The van der Waals surface area contributed by atoms with Crippen molar-refractivity contribution < 1.29 is 19.8 Å². The predicted octanol–water partition coefficient (Wildman–Crippen LogP) is 28.9. The molecular formula is C83H150N2O4. The van der Waals surface area contributed by atoms with E-state index in [0.29, 0.717) is 24.0 Å². The fraction of sp³-hybridized carbons (Fsp3) is 0.831. The molecule has 0 aromatic heterocycles. The topological polar surface area (TPSA) is 81.1 Å². The zero-order valence-electron chi connectivity index (χ0n) is 59.5. The monoisotopic (exact) mass is 1240 g/mol. The van der Waals surface area contributed by atoms with Crippen molar-refractivity contribution in [3.63, 3.8) is 0 Å². The molecule has 89 heavy (non-hydrogen) atoms. The van der Waals surface area contributed by atoms with E-state index in [1.54, 1.807) is 0 Å². The van der Waals surface area contributed by atoms with Gasteiger partial charge in [0.05, 0.1) is 0 Å². The van der Waals surface area contributed by atoms with E-state index in [2.05, 4.69) is 13.8 Å². The molecule has 0 spiro atoms. The van der Waals surface area contributed by atoms with Crippen molar-refractivity contribution in [3.05, 3.63) is 71.8 Å². The van der Waals surface area contributed by atoms with Crippen molar-refractivity contribution in [2.75, 3.05) is 13.1 Å². The largest absolute Gasteiger partial charge is 0.465 e. The Morgan fingerprint density at radius 2 is 0.371 bits per heavy atom. The summed E-state index contributed by atoms with van der Waals surface area (Å²) in [7, 11) is 0. The van der Waals surface area contributed by atoms with Crippen molar-refractivity contribution in [2.24, 2.45) is 0 Å². The van der Waals surface area contributed by atoms with E-state index in [1.807, 2.05) is 60.7 Å². The lowest BCUT2D eigenvalue weighted by molar-refractivity contribution is -0.0128. The molecule has 516 valence electrons. The molecule has 2 aromatic carbocycles. The molecule has 2 aromatic rings. The number of benzene rings is 2. The molecule has 2 amide bonds. The highest BCUT2D eigenvalue weighted by Crippen LogP contribution is 2.41. The van der Waals surface area contributed by atoms with Gasteiger partial charge in [0.1, 0.15) is 0 Å². The van der Waals surface area contributed by atoms with Crippen LogP contribution >= 0.6 is 0 Å². The minimum absolute atomic E-state index is 0.266. The van der Waals surface area contributed by atoms with Crippen molar-refractivity contribution >= 4 is 12.2 Å². The summed E-state index contributed by atoms with van der Waals surface area (Å²) >= 11 is 0. The molecule has 0 bridgehead atoms. The third-order valence-electron chi connectivity index (χ3n) is 20.1. The molecule has 0 atom stereocenters. The third-order valence-corrected chi connectivity index (χ3v) is 20.1. The zero-order valence-corrected chi connectivity index (χ0v) is 59.5. The second kappa shape index (κ2) is 63.7. The van der Waals surface area contributed by atoms with Crippen LogP contribution in [0.3, 0.4) is 0 Å². The number of hydrogen-bond acceptors (Lipinski definition) is 2. The number of rotatable bonds is 70. The van der Waals surface area contributed by atoms with Crippen molar-refractivity contribution in [3.8, 4) is 0 Å². The number of unbranched alkanes of at least 4 members (excludes halogenated alkanes) is 62. The lowest BCUT2D eigenvalue weighted by Crippen LogP contribution is -2.62. The smallest absolute Gasteiger partial charge is 0.409 e. The molecule has 0 aliphatic heterocycles. The highest BCUT2D eigenvalue weighted by molar-refractivity contribution is 5.73. The minimum Gasteiger partial charge on any atom is -0.465 e. The van der Waals surface area contributed by atoms with E-state index in [-0.39, 0.29) is 13.1 Å². The van der Waals surface area contributed by atoms with Gasteiger partial charge in [-0.3, -0.25) is 9.80 Å². The van der Waals surface area contributed by atoms with Gasteiger partial charge in [0.2, 0.25) is 0 Å². The van der Waals surface area contributed by atoms with Crippen LogP contribution in [0.2, 0.25) is 0 Å². The first kappa shape index (κ1) is 82.1. The molecule has 0 heterocycles. The predicted molar refractivity (Wildman–Crippen MR) is 390 cm³/mol. The molecule has 6 nitrogen and oxygen atoms in total. The van der Waals surface area contributed by atoms with Gasteiger partial charge >= 0.3 is 12.2 Å². The van der Waals surface area contributed by atoms with Gasteiger partial charge in [0, 0.05) is 24.2 Å².